The Kier molecular flexibility index (Phi) is 6.50. The summed E-state index contributed by atoms with van der Waals surface area (Å²) >= 11 is 0. The fraction of sp³-hybridized carbons (Fsp3) is 0.188. The Morgan fingerprint density at radius 3 is 2.24 bits per heavy atom. The number of rotatable bonds is 4. The number of nitrogens with zero attached hydrogens (tertiary/aromatic N) is 1. The second kappa shape index (κ2) is 7.96. The smallest absolute Gasteiger partial charge is 0.504 e. The molecule has 25 heavy (non-hydrogen) atoms. The maximum atomic E-state index is 12.2. The molecule has 3 N–H and O–H groups in total. The highest BCUT2D eigenvalue weighted by molar-refractivity contribution is 5.85. The van der Waals surface area contributed by atoms with Crippen LogP contribution in [0.2, 0.25) is 0 Å². The van der Waals surface area contributed by atoms with Gasteiger partial charge in [0.2, 0.25) is 0 Å². The van der Waals surface area contributed by atoms with Gasteiger partial charge in [0, 0.05) is 5.56 Å². The van der Waals surface area contributed by atoms with Crippen molar-refractivity contribution in [3.8, 4) is 23.3 Å². The summed E-state index contributed by atoms with van der Waals surface area (Å²) in [6.07, 6.45) is -4.79. The summed E-state index contributed by atoms with van der Waals surface area (Å²) in [5.41, 5.74) is 6.72. The van der Waals surface area contributed by atoms with Crippen molar-refractivity contribution in [2.24, 2.45) is 5.73 Å². The van der Waals surface area contributed by atoms with E-state index >= 15 is 0 Å². The molecule has 9 heteroatoms. The van der Waals surface area contributed by atoms with E-state index < -0.39 is 18.2 Å². The largest absolute Gasteiger partial charge is 0.573 e. The minimum absolute atomic E-state index is 0. The summed E-state index contributed by atoms with van der Waals surface area (Å²) in [7, 11) is 1.35. The van der Waals surface area contributed by atoms with Crippen LogP contribution in [-0.4, -0.2) is 18.6 Å². The molecule has 0 aliphatic carbocycles. The summed E-state index contributed by atoms with van der Waals surface area (Å²) < 4.78 is 45.3. The third-order valence-electron chi connectivity index (χ3n) is 3.30. The van der Waals surface area contributed by atoms with E-state index in [9.17, 15) is 23.5 Å². The van der Waals surface area contributed by atoms with E-state index in [1.54, 1.807) is 0 Å². The molecule has 5 nitrogen and oxygen atoms in total. The first-order valence-electron chi connectivity index (χ1n) is 6.68. The quantitative estimate of drug-likeness (QED) is 0.853. The van der Waals surface area contributed by atoms with Gasteiger partial charge in [-0.3, -0.25) is 0 Å². The number of phenols is 1. The van der Waals surface area contributed by atoms with E-state index in [1.165, 1.54) is 31.4 Å². The van der Waals surface area contributed by atoms with E-state index in [0.717, 1.165) is 12.1 Å². The van der Waals surface area contributed by atoms with Gasteiger partial charge in [0.1, 0.15) is 5.75 Å². The molecule has 134 valence electrons. The summed E-state index contributed by atoms with van der Waals surface area (Å²) in [5, 5.41) is 19.4. The number of hydrogen-bond donors (Lipinski definition) is 2. The molecule has 0 bridgehead atoms. The van der Waals surface area contributed by atoms with Gasteiger partial charge >= 0.3 is 6.36 Å². The highest BCUT2D eigenvalue weighted by Gasteiger charge is 2.31. The van der Waals surface area contributed by atoms with Crippen LogP contribution < -0.4 is 15.2 Å². The van der Waals surface area contributed by atoms with Crippen LogP contribution in [0.4, 0.5) is 13.2 Å². The maximum absolute atomic E-state index is 12.2. The van der Waals surface area contributed by atoms with E-state index in [1.807, 2.05) is 6.07 Å². The molecule has 2 aromatic rings. The fourth-order valence-corrected chi connectivity index (χ4v) is 2.21. The number of ether oxygens (including phenoxy) is 2. The van der Waals surface area contributed by atoms with Gasteiger partial charge in [0.05, 0.1) is 24.8 Å². The normalized spacial score (nSPS) is 11.8. The van der Waals surface area contributed by atoms with E-state index in [-0.39, 0.29) is 35.0 Å². The first-order chi connectivity index (χ1) is 11.3. The van der Waals surface area contributed by atoms with Crippen LogP contribution in [0.5, 0.6) is 17.2 Å². The number of phenolic OH excluding ortho intramolecular Hbond substituents is 1. The number of halogens is 4. The van der Waals surface area contributed by atoms with E-state index in [0.29, 0.717) is 5.56 Å². The Bertz CT molecular complexity index is 774. The van der Waals surface area contributed by atoms with Crippen molar-refractivity contribution in [3.63, 3.8) is 0 Å². The van der Waals surface area contributed by atoms with Crippen LogP contribution >= 0.6 is 12.4 Å². The lowest BCUT2D eigenvalue weighted by molar-refractivity contribution is -0.274. The predicted molar refractivity (Wildman–Crippen MR) is 85.8 cm³/mol. The summed E-state index contributed by atoms with van der Waals surface area (Å²) in [6, 6.07) is 8.69. The number of hydrogen-bond acceptors (Lipinski definition) is 5. The van der Waals surface area contributed by atoms with E-state index in [2.05, 4.69) is 4.74 Å². The summed E-state index contributed by atoms with van der Waals surface area (Å²) in [5.74, 6) is -0.551. The van der Waals surface area contributed by atoms with Gasteiger partial charge in [-0.15, -0.1) is 25.6 Å². The van der Waals surface area contributed by atoms with Crippen molar-refractivity contribution >= 4 is 12.4 Å². The van der Waals surface area contributed by atoms with Crippen molar-refractivity contribution in [3.05, 3.63) is 53.1 Å². The van der Waals surface area contributed by atoms with Crippen molar-refractivity contribution in [2.75, 3.05) is 7.11 Å². The molecule has 0 amide bonds. The van der Waals surface area contributed by atoms with Gasteiger partial charge in [0.15, 0.2) is 11.5 Å². The number of nitriles is 1. The Morgan fingerprint density at radius 2 is 1.76 bits per heavy atom. The summed E-state index contributed by atoms with van der Waals surface area (Å²) in [6.45, 7) is 0. The first-order valence-corrected chi connectivity index (χ1v) is 6.68. The SMILES string of the molecule is COc1ccc(C#N)c([C@H](N)c2ccc(OC(F)(F)F)cc2)c1O.Cl. The fourth-order valence-electron chi connectivity index (χ4n) is 2.21. The highest BCUT2D eigenvalue weighted by atomic mass is 35.5. The average molecular weight is 375 g/mol. The van der Waals surface area contributed by atoms with Gasteiger partial charge in [0.25, 0.3) is 0 Å². The number of benzene rings is 2. The molecular weight excluding hydrogens is 361 g/mol. The third kappa shape index (κ3) is 4.68. The van der Waals surface area contributed by atoms with Crippen LogP contribution in [0.1, 0.15) is 22.7 Å². The minimum atomic E-state index is -4.79. The van der Waals surface area contributed by atoms with Crippen molar-refractivity contribution < 1.29 is 27.8 Å². The van der Waals surface area contributed by atoms with Crippen molar-refractivity contribution in [1.29, 1.82) is 5.26 Å². The topological polar surface area (TPSA) is 88.5 Å². The molecule has 0 aliphatic rings. The number of alkyl halides is 3. The molecule has 2 rings (SSSR count). The molecular formula is C16H14ClF3N2O3. The molecule has 1 atom stereocenters. The zero-order chi connectivity index (χ0) is 17.9. The Morgan fingerprint density at radius 1 is 1.16 bits per heavy atom. The second-order valence-electron chi connectivity index (χ2n) is 4.78. The number of aromatic hydroxyl groups is 1. The second-order valence-corrected chi connectivity index (χ2v) is 4.78. The lowest BCUT2D eigenvalue weighted by atomic mass is 9.94. The van der Waals surface area contributed by atoms with Crippen LogP contribution in [0.3, 0.4) is 0 Å². The maximum Gasteiger partial charge on any atom is 0.573 e. The van der Waals surface area contributed by atoms with Crippen LogP contribution in [0.25, 0.3) is 0 Å². The molecule has 0 aliphatic heterocycles. The Balaban J connectivity index is 0.00000312. The molecule has 0 aromatic heterocycles. The monoisotopic (exact) mass is 374 g/mol. The first kappa shape index (κ1) is 20.4. The third-order valence-corrected chi connectivity index (χ3v) is 3.30. The Hall–Kier alpha value is -2.63. The lowest BCUT2D eigenvalue weighted by Crippen LogP contribution is -2.17. The van der Waals surface area contributed by atoms with Crippen LogP contribution in [0.15, 0.2) is 36.4 Å². The molecule has 0 saturated carbocycles. The van der Waals surface area contributed by atoms with E-state index in [4.69, 9.17) is 10.5 Å². The zero-order valence-corrected chi connectivity index (χ0v) is 13.7. The van der Waals surface area contributed by atoms with Gasteiger partial charge in [-0.05, 0) is 29.8 Å². The van der Waals surface area contributed by atoms with Crippen LogP contribution in [-0.2, 0) is 0 Å². The molecule has 0 spiro atoms. The number of nitrogens with two attached hydrogens (primary N) is 1. The Labute approximate surface area is 147 Å². The standard InChI is InChI=1S/C16H13F3N2O3.ClH/c1-23-12-7-4-10(8-20)13(15(12)22)14(21)9-2-5-11(6-3-9)24-16(17,18)19;/h2-7,14,22H,21H2,1H3;1H/t14-;/m1./s1. The van der Waals surface area contributed by atoms with Crippen molar-refractivity contribution in [2.45, 2.75) is 12.4 Å². The molecule has 0 radical (unpaired) electrons. The number of methoxy groups -OCH3 is 1. The average Bonchev–Trinajstić information content (AvgIpc) is 2.53. The zero-order valence-electron chi connectivity index (χ0n) is 12.9. The minimum Gasteiger partial charge on any atom is -0.504 e. The van der Waals surface area contributed by atoms with Gasteiger partial charge in [-0.1, -0.05) is 12.1 Å². The van der Waals surface area contributed by atoms with Gasteiger partial charge in [-0.2, -0.15) is 5.26 Å². The predicted octanol–water partition coefficient (Wildman–Crippen LogP) is 3.64. The van der Waals surface area contributed by atoms with Gasteiger partial charge in [-0.25, -0.2) is 0 Å². The van der Waals surface area contributed by atoms with Crippen LogP contribution in [0, 0.1) is 11.3 Å². The lowest BCUT2D eigenvalue weighted by Gasteiger charge is -2.18. The summed E-state index contributed by atoms with van der Waals surface area (Å²) in [4.78, 5) is 0. The molecule has 2 aromatic carbocycles. The molecule has 0 unspecified atom stereocenters. The molecule has 0 heterocycles. The van der Waals surface area contributed by atoms with Gasteiger partial charge < -0.3 is 20.3 Å². The van der Waals surface area contributed by atoms with Crippen molar-refractivity contribution in [1.82, 2.24) is 0 Å². The molecule has 0 fully saturated rings. The molecule has 0 saturated heterocycles. The highest BCUT2D eigenvalue weighted by Crippen LogP contribution is 2.38.